The van der Waals surface area contributed by atoms with Crippen LogP contribution in [0.25, 0.3) is 5.65 Å². The van der Waals surface area contributed by atoms with Crippen LogP contribution in [-0.4, -0.2) is 66.6 Å². The van der Waals surface area contributed by atoms with Crippen LogP contribution in [0.3, 0.4) is 0 Å². The van der Waals surface area contributed by atoms with E-state index < -0.39 is 0 Å². The molecule has 1 amide bonds. The highest BCUT2D eigenvalue weighted by atomic mass is 16.5. The highest BCUT2D eigenvalue weighted by molar-refractivity contribution is 5.92. The average Bonchev–Trinajstić information content (AvgIpc) is 3.36. The predicted molar refractivity (Wildman–Crippen MR) is 150 cm³/mol. The number of likely N-dealkylation sites (N-methyl/N-ethyl adjacent to an activating group) is 1. The molecule has 0 spiro atoms. The predicted octanol–water partition coefficient (Wildman–Crippen LogP) is 4.66. The van der Waals surface area contributed by atoms with Crippen LogP contribution in [0.4, 0.5) is 0 Å². The molecule has 4 rings (SSSR count). The van der Waals surface area contributed by atoms with Crippen molar-refractivity contribution < 1.29 is 19.1 Å². The SMILES string of the molecule is C=O.CC.CCCC=O.CN1CCOCC1.Cc1ccc(CNC(=O)c2cn3ccc(C)cc3n2)cc1. The Morgan fingerprint density at radius 3 is 2.19 bits per heavy atom. The zero-order chi connectivity index (χ0) is 28.1. The van der Waals surface area contributed by atoms with Crippen molar-refractivity contribution in [1.29, 1.82) is 0 Å². The molecule has 0 saturated carbocycles. The lowest BCUT2D eigenvalue weighted by Crippen LogP contribution is -2.32. The first-order valence-corrected chi connectivity index (χ1v) is 12.7. The van der Waals surface area contributed by atoms with Gasteiger partial charge in [-0.2, -0.15) is 0 Å². The number of carbonyl (C=O) groups excluding carboxylic acids is 3. The lowest BCUT2D eigenvalue weighted by Gasteiger charge is -2.21. The first-order chi connectivity index (χ1) is 17.9. The second-order valence-electron chi connectivity index (χ2n) is 8.13. The number of hydrogen-bond acceptors (Lipinski definition) is 6. The number of pyridine rings is 1. The number of rotatable bonds is 5. The molecule has 37 heavy (non-hydrogen) atoms. The third-order valence-electron chi connectivity index (χ3n) is 5.06. The molecule has 8 nitrogen and oxygen atoms in total. The molecule has 1 saturated heterocycles. The first kappa shape index (κ1) is 33.6. The van der Waals surface area contributed by atoms with Crippen LogP contribution in [0.2, 0.25) is 0 Å². The number of ether oxygens (including phenoxy) is 1. The zero-order valence-corrected chi connectivity index (χ0v) is 23.3. The number of fused-ring (bicyclic) bond motifs is 1. The van der Waals surface area contributed by atoms with Crippen molar-refractivity contribution in [1.82, 2.24) is 19.6 Å². The van der Waals surface area contributed by atoms with Gasteiger partial charge in [-0.15, -0.1) is 0 Å². The van der Waals surface area contributed by atoms with Crippen LogP contribution in [0, 0.1) is 13.8 Å². The fourth-order valence-electron chi connectivity index (χ4n) is 2.94. The number of nitrogens with zero attached hydrogens (tertiary/aromatic N) is 3. The van der Waals surface area contributed by atoms with Crippen LogP contribution in [0.15, 0.2) is 48.8 Å². The normalized spacial score (nSPS) is 12.2. The highest BCUT2D eigenvalue weighted by Crippen LogP contribution is 2.08. The number of aryl methyl sites for hydroxylation is 2. The van der Waals surface area contributed by atoms with Gasteiger partial charge in [0.1, 0.15) is 24.4 Å². The molecule has 3 heterocycles. The van der Waals surface area contributed by atoms with Crippen LogP contribution < -0.4 is 5.32 Å². The summed E-state index contributed by atoms with van der Waals surface area (Å²) in [6.07, 6.45) is 6.27. The van der Waals surface area contributed by atoms with Crippen LogP contribution >= 0.6 is 0 Å². The largest absolute Gasteiger partial charge is 0.379 e. The lowest BCUT2D eigenvalue weighted by atomic mass is 10.1. The van der Waals surface area contributed by atoms with Crippen LogP contribution in [-0.2, 0) is 20.9 Å². The number of hydrogen-bond donors (Lipinski definition) is 1. The van der Waals surface area contributed by atoms with E-state index in [0.29, 0.717) is 18.7 Å². The third-order valence-corrected chi connectivity index (χ3v) is 5.06. The van der Waals surface area contributed by atoms with E-state index in [1.165, 1.54) is 5.56 Å². The summed E-state index contributed by atoms with van der Waals surface area (Å²) in [5.41, 5.74) is 4.64. The van der Waals surface area contributed by atoms with E-state index in [1.807, 2.05) is 88.4 Å². The van der Waals surface area contributed by atoms with Crippen LogP contribution in [0.5, 0.6) is 0 Å². The second-order valence-corrected chi connectivity index (χ2v) is 8.13. The molecule has 1 N–H and O–H groups in total. The molecule has 8 heteroatoms. The summed E-state index contributed by atoms with van der Waals surface area (Å²) in [6.45, 7) is 16.6. The van der Waals surface area contributed by atoms with Crippen molar-refractivity contribution in [2.75, 3.05) is 33.4 Å². The van der Waals surface area contributed by atoms with Gasteiger partial charge < -0.3 is 28.9 Å². The minimum Gasteiger partial charge on any atom is -0.379 e. The van der Waals surface area contributed by atoms with Crippen molar-refractivity contribution in [2.45, 2.75) is 54.0 Å². The molecule has 0 aliphatic carbocycles. The van der Waals surface area contributed by atoms with E-state index >= 15 is 0 Å². The number of unbranched alkanes of at least 4 members (excludes halogenated alkanes) is 1. The highest BCUT2D eigenvalue weighted by Gasteiger charge is 2.10. The summed E-state index contributed by atoms with van der Waals surface area (Å²) in [7, 11) is 2.11. The smallest absolute Gasteiger partial charge is 0.271 e. The van der Waals surface area contributed by atoms with Gasteiger partial charge >= 0.3 is 0 Å². The molecule has 0 bridgehead atoms. The maximum atomic E-state index is 12.2. The van der Waals surface area contributed by atoms with Crippen molar-refractivity contribution >= 4 is 24.6 Å². The minimum atomic E-state index is -0.156. The number of aldehydes is 1. The fraction of sp³-hybridized carbons (Fsp3) is 0.448. The summed E-state index contributed by atoms with van der Waals surface area (Å²) in [5.74, 6) is -0.156. The molecule has 3 aromatic rings. The molecule has 2 aromatic heterocycles. The molecule has 204 valence electrons. The number of carbonyl (C=O) groups is 3. The molecule has 0 radical (unpaired) electrons. The van der Waals surface area contributed by atoms with Gasteiger partial charge in [0.05, 0.1) is 13.2 Å². The van der Waals surface area contributed by atoms with E-state index in [1.54, 1.807) is 6.20 Å². The topological polar surface area (TPSA) is 93.0 Å². The summed E-state index contributed by atoms with van der Waals surface area (Å²) in [4.78, 5) is 36.2. The lowest BCUT2D eigenvalue weighted by molar-refractivity contribution is -0.107. The van der Waals surface area contributed by atoms with Gasteiger partial charge in [0, 0.05) is 38.4 Å². The molecule has 1 aliphatic rings. The first-order valence-electron chi connectivity index (χ1n) is 12.7. The molecule has 1 fully saturated rings. The van der Waals surface area contributed by atoms with Gasteiger partial charge in [0.2, 0.25) is 0 Å². The molecule has 0 unspecified atom stereocenters. The standard InChI is InChI=1S/C17H17N3O.C5H11NO.C4H8O.C2H6.CH2O/c1-12-3-5-14(6-4-12)10-18-17(21)15-11-20-8-7-13(2)9-16(20)19-15;1-6-2-4-7-5-3-6;1-2-3-4-5;2*1-2/h3-9,11H,10H2,1-2H3,(H,18,21);2-5H2,1H3;4H,2-3H2,1H3;1-2H3;1H2. The Balaban J connectivity index is 0.000000667. The van der Waals surface area contributed by atoms with Gasteiger partial charge in [0.15, 0.2) is 0 Å². The van der Waals surface area contributed by atoms with E-state index in [0.717, 1.165) is 55.8 Å². The van der Waals surface area contributed by atoms with Gasteiger partial charge in [-0.3, -0.25) is 4.79 Å². The fourth-order valence-corrected chi connectivity index (χ4v) is 2.94. The summed E-state index contributed by atoms with van der Waals surface area (Å²) < 4.78 is 6.95. The van der Waals surface area contributed by atoms with Gasteiger partial charge in [0.25, 0.3) is 5.91 Å². The molecular formula is C29H44N4O4. The number of amides is 1. The Kier molecular flexibility index (Phi) is 18.9. The zero-order valence-electron chi connectivity index (χ0n) is 23.3. The van der Waals surface area contributed by atoms with Crippen molar-refractivity contribution in [3.05, 3.63) is 71.2 Å². The molecular weight excluding hydrogens is 468 g/mol. The van der Waals surface area contributed by atoms with E-state index in [-0.39, 0.29) is 5.91 Å². The average molecular weight is 513 g/mol. The maximum Gasteiger partial charge on any atom is 0.271 e. The molecule has 1 aromatic carbocycles. The number of aromatic nitrogens is 2. The molecule has 1 aliphatic heterocycles. The summed E-state index contributed by atoms with van der Waals surface area (Å²) in [6, 6.07) is 12.1. The second kappa shape index (κ2) is 20.8. The van der Waals surface area contributed by atoms with E-state index in [4.69, 9.17) is 9.53 Å². The monoisotopic (exact) mass is 512 g/mol. The van der Waals surface area contributed by atoms with E-state index in [9.17, 15) is 9.59 Å². The van der Waals surface area contributed by atoms with Crippen molar-refractivity contribution in [3.63, 3.8) is 0 Å². The number of imidazole rings is 1. The Labute approximate surface area is 222 Å². The van der Waals surface area contributed by atoms with Gasteiger partial charge in [-0.05, 0) is 50.6 Å². The third kappa shape index (κ3) is 14.1. The quantitative estimate of drug-likeness (QED) is 0.500. The Morgan fingerprint density at radius 1 is 1.08 bits per heavy atom. The van der Waals surface area contributed by atoms with Crippen LogP contribution in [0.1, 0.15) is 60.8 Å². The van der Waals surface area contributed by atoms with Gasteiger partial charge in [-0.25, -0.2) is 4.98 Å². The Morgan fingerprint density at radius 2 is 1.70 bits per heavy atom. The summed E-state index contributed by atoms with van der Waals surface area (Å²) >= 11 is 0. The number of morpholine rings is 1. The van der Waals surface area contributed by atoms with Crippen molar-refractivity contribution in [3.8, 4) is 0 Å². The Hall–Kier alpha value is -3.36. The van der Waals surface area contributed by atoms with E-state index in [2.05, 4.69) is 22.2 Å². The van der Waals surface area contributed by atoms with Gasteiger partial charge in [-0.1, -0.05) is 50.6 Å². The number of nitrogens with one attached hydrogen (secondary N) is 1. The minimum absolute atomic E-state index is 0.156. The van der Waals surface area contributed by atoms with Crippen molar-refractivity contribution in [2.24, 2.45) is 0 Å². The number of benzene rings is 1. The maximum absolute atomic E-state index is 12.2. The molecule has 0 atom stereocenters. The Bertz CT molecular complexity index is 1010. The summed E-state index contributed by atoms with van der Waals surface area (Å²) in [5, 5.41) is 2.90.